The smallest absolute Gasteiger partial charge is 0.312 e. The van der Waals surface area contributed by atoms with Gasteiger partial charge in [-0.05, 0) is 11.6 Å². The molecule has 0 saturated heterocycles. The van der Waals surface area contributed by atoms with Gasteiger partial charge in [0.2, 0.25) is 0 Å². The van der Waals surface area contributed by atoms with Crippen LogP contribution in [-0.4, -0.2) is 20.9 Å². The number of hydrogen-bond donors (Lipinski definition) is 1. The summed E-state index contributed by atoms with van der Waals surface area (Å²) >= 11 is 0. The Bertz CT molecular complexity index is 734. The number of rotatable bonds is 4. The third kappa shape index (κ3) is 2.28. The van der Waals surface area contributed by atoms with Gasteiger partial charge in [-0.25, -0.2) is 0 Å². The molecular formula is C16H14N2O2. The summed E-state index contributed by atoms with van der Waals surface area (Å²) in [5.74, 6) is -1.43. The van der Waals surface area contributed by atoms with Gasteiger partial charge < -0.3 is 5.11 Å². The fourth-order valence-corrected chi connectivity index (χ4v) is 2.36. The number of aliphatic carboxylic acids is 1. The van der Waals surface area contributed by atoms with Crippen LogP contribution in [0.15, 0.2) is 60.8 Å². The van der Waals surface area contributed by atoms with E-state index in [1.54, 1.807) is 10.9 Å². The van der Waals surface area contributed by atoms with Crippen molar-refractivity contribution in [3.63, 3.8) is 0 Å². The molecule has 100 valence electrons. The third-order valence-electron chi connectivity index (χ3n) is 3.41. The molecule has 0 saturated carbocycles. The lowest BCUT2D eigenvalue weighted by molar-refractivity contribution is -0.139. The normalized spacial score (nSPS) is 12.4. The van der Waals surface area contributed by atoms with Gasteiger partial charge in [0.05, 0.1) is 18.3 Å². The number of carboxylic acid groups (broad SMARTS) is 1. The van der Waals surface area contributed by atoms with Gasteiger partial charge in [-0.3, -0.25) is 9.48 Å². The molecule has 1 atom stereocenters. The number of carboxylic acids is 1. The first-order valence-electron chi connectivity index (χ1n) is 6.44. The summed E-state index contributed by atoms with van der Waals surface area (Å²) in [6.07, 6.45) is 1.76. The summed E-state index contributed by atoms with van der Waals surface area (Å²) in [6.45, 7) is 0.326. The molecule has 1 N–H and O–H groups in total. The molecular weight excluding hydrogens is 252 g/mol. The molecule has 1 aromatic heterocycles. The molecule has 0 spiro atoms. The molecule has 4 heteroatoms. The van der Waals surface area contributed by atoms with Gasteiger partial charge >= 0.3 is 5.97 Å². The number of benzene rings is 2. The van der Waals surface area contributed by atoms with E-state index in [1.807, 2.05) is 54.6 Å². The second-order valence-corrected chi connectivity index (χ2v) is 4.69. The van der Waals surface area contributed by atoms with Crippen LogP contribution < -0.4 is 0 Å². The van der Waals surface area contributed by atoms with E-state index in [-0.39, 0.29) is 0 Å². The lowest BCUT2D eigenvalue weighted by atomic mass is 9.99. The second-order valence-electron chi connectivity index (χ2n) is 4.69. The van der Waals surface area contributed by atoms with Crippen LogP contribution in [0.5, 0.6) is 0 Å². The summed E-state index contributed by atoms with van der Waals surface area (Å²) in [6, 6.07) is 17.1. The molecule has 3 rings (SSSR count). The Morgan fingerprint density at radius 2 is 1.80 bits per heavy atom. The van der Waals surface area contributed by atoms with E-state index in [1.165, 1.54) is 0 Å². The van der Waals surface area contributed by atoms with Gasteiger partial charge in [-0.15, -0.1) is 0 Å². The van der Waals surface area contributed by atoms with Crippen molar-refractivity contribution >= 4 is 16.9 Å². The van der Waals surface area contributed by atoms with Crippen LogP contribution >= 0.6 is 0 Å². The summed E-state index contributed by atoms with van der Waals surface area (Å²) in [5, 5.41) is 14.8. The quantitative estimate of drug-likeness (QED) is 0.790. The van der Waals surface area contributed by atoms with Crippen molar-refractivity contribution in [3.05, 3.63) is 66.4 Å². The SMILES string of the molecule is O=C(O)C(Cn1ncc2ccccc21)c1ccccc1. The minimum absolute atomic E-state index is 0.326. The zero-order valence-electron chi connectivity index (χ0n) is 10.8. The number of fused-ring (bicyclic) bond motifs is 1. The molecule has 0 radical (unpaired) electrons. The van der Waals surface area contributed by atoms with Crippen molar-refractivity contribution in [1.82, 2.24) is 9.78 Å². The van der Waals surface area contributed by atoms with Gasteiger partial charge in [0.1, 0.15) is 5.92 Å². The van der Waals surface area contributed by atoms with Gasteiger partial charge in [0.15, 0.2) is 0 Å². The number of nitrogens with zero attached hydrogens (tertiary/aromatic N) is 2. The summed E-state index contributed by atoms with van der Waals surface area (Å²) in [4.78, 5) is 11.5. The number of aromatic nitrogens is 2. The fraction of sp³-hybridized carbons (Fsp3) is 0.125. The monoisotopic (exact) mass is 266 g/mol. The van der Waals surface area contributed by atoms with Crippen LogP contribution in [0.25, 0.3) is 10.9 Å². The first-order chi connectivity index (χ1) is 9.75. The van der Waals surface area contributed by atoms with Crippen LogP contribution in [0.2, 0.25) is 0 Å². The van der Waals surface area contributed by atoms with Crippen LogP contribution in [0.1, 0.15) is 11.5 Å². The Hall–Kier alpha value is -2.62. The zero-order valence-corrected chi connectivity index (χ0v) is 10.8. The number of hydrogen-bond acceptors (Lipinski definition) is 2. The molecule has 0 amide bonds. The Morgan fingerprint density at radius 1 is 1.10 bits per heavy atom. The van der Waals surface area contributed by atoms with Crippen molar-refractivity contribution in [2.45, 2.75) is 12.5 Å². The topological polar surface area (TPSA) is 55.1 Å². The van der Waals surface area contributed by atoms with Crippen molar-refractivity contribution in [2.75, 3.05) is 0 Å². The first-order valence-corrected chi connectivity index (χ1v) is 6.44. The van der Waals surface area contributed by atoms with Crippen molar-refractivity contribution in [3.8, 4) is 0 Å². The number of para-hydroxylation sites is 1. The molecule has 20 heavy (non-hydrogen) atoms. The average molecular weight is 266 g/mol. The van der Waals surface area contributed by atoms with Gasteiger partial charge in [-0.2, -0.15) is 5.10 Å². The highest BCUT2D eigenvalue weighted by Crippen LogP contribution is 2.21. The Morgan fingerprint density at radius 3 is 2.55 bits per heavy atom. The van der Waals surface area contributed by atoms with E-state index in [0.29, 0.717) is 6.54 Å². The van der Waals surface area contributed by atoms with E-state index in [4.69, 9.17) is 0 Å². The third-order valence-corrected chi connectivity index (χ3v) is 3.41. The van der Waals surface area contributed by atoms with Gasteiger partial charge in [0, 0.05) is 5.39 Å². The molecule has 1 heterocycles. The highest BCUT2D eigenvalue weighted by Gasteiger charge is 2.21. The van der Waals surface area contributed by atoms with Gasteiger partial charge in [0.25, 0.3) is 0 Å². The molecule has 2 aromatic carbocycles. The molecule has 1 unspecified atom stereocenters. The Kier molecular flexibility index (Phi) is 3.21. The minimum Gasteiger partial charge on any atom is -0.481 e. The number of carbonyl (C=O) groups is 1. The maximum absolute atomic E-state index is 11.5. The largest absolute Gasteiger partial charge is 0.481 e. The van der Waals surface area contributed by atoms with Gasteiger partial charge in [-0.1, -0.05) is 48.5 Å². The Labute approximate surface area is 116 Å². The van der Waals surface area contributed by atoms with E-state index in [9.17, 15) is 9.90 Å². The second kappa shape index (κ2) is 5.17. The summed E-state index contributed by atoms with van der Waals surface area (Å²) in [7, 11) is 0. The molecule has 0 fully saturated rings. The molecule has 4 nitrogen and oxygen atoms in total. The lowest BCUT2D eigenvalue weighted by Crippen LogP contribution is -2.18. The lowest BCUT2D eigenvalue weighted by Gasteiger charge is -2.13. The summed E-state index contributed by atoms with van der Waals surface area (Å²) in [5.41, 5.74) is 1.74. The average Bonchev–Trinajstić information content (AvgIpc) is 2.88. The van der Waals surface area contributed by atoms with E-state index in [0.717, 1.165) is 16.5 Å². The standard InChI is InChI=1S/C16H14N2O2/c19-16(20)14(12-6-2-1-3-7-12)11-18-15-9-5-4-8-13(15)10-17-18/h1-10,14H,11H2,(H,19,20). The summed E-state index contributed by atoms with van der Waals surface area (Å²) < 4.78 is 1.75. The van der Waals surface area contributed by atoms with Crippen molar-refractivity contribution in [1.29, 1.82) is 0 Å². The first kappa shape index (κ1) is 12.4. The molecule has 3 aromatic rings. The minimum atomic E-state index is -0.837. The van der Waals surface area contributed by atoms with E-state index < -0.39 is 11.9 Å². The van der Waals surface area contributed by atoms with Crippen LogP contribution in [0, 0.1) is 0 Å². The zero-order chi connectivity index (χ0) is 13.9. The molecule has 0 bridgehead atoms. The molecule has 0 aliphatic carbocycles. The van der Waals surface area contributed by atoms with Crippen LogP contribution in [0.4, 0.5) is 0 Å². The van der Waals surface area contributed by atoms with E-state index >= 15 is 0 Å². The predicted molar refractivity (Wildman–Crippen MR) is 76.6 cm³/mol. The fourth-order valence-electron chi connectivity index (χ4n) is 2.36. The highest BCUT2D eigenvalue weighted by molar-refractivity contribution is 5.79. The van der Waals surface area contributed by atoms with Crippen molar-refractivity contribution in [2.24, 2.45) is 0 Å². The highest BCUT2D eigenvalue weighted by atomic mass is 16.4. The molecule has 0 aliphatic heterocycles. The van der Waals surface area contributed by atoms with E-state index in [2.05, 4.69) is 5.10 Å². The van der Waals surface area contributed by atoms with Crippen molar-refractivity contribution < 1.29 is 9.90 Å². The maximum atomic E-state index is 11.5. The predicted octanol–water partition coefficient (Wildman–Crippen LogP) is 2.90. The van der Waals surface area contributed by atoms with Crippen LogP contribution in [0.3, 0.4) is 0 Å². The maximum Gasteiger partial charge on any atom is 0.312 e. The molecule has 0 aliphatic rings. The van der Waals surface area contributed by atoms with Crippen LogP contribution in [-0.2, 0) is 11.3 Å². The Balaban J connectivity index is 1.97.